The molecule has 0 saturated heterocycles. The summed E-state index contributed by atoms with van der Waals surface area (Å²) in [4.78, 5) is 12.1. The highest BCUT2D eigenvalue weighted by molar-refractivity contribution is 5.95. The van der Waals surface area contributed by atoms with Gasteiger partial charge in [-0.25, -0.2) is 0 Å². The molecule has 0 bridgehead atoms. The van der Waals surface area contributed by atoms with Gasteiger partial charge in [0.2, 0.25) is 0 Å². The van der Waals surface area contributed by atoms with Crippen molar-refractivity contribution in [3.05, 3.63) is 23.8 Å². The summed E-state index contributed by atoms with van der Waals surface area (Å²) in [6, 6.07) is 0. The molecule has 1 heteroatoms. The first kappa shape index (κ1) is 11.6. The highest BCUT2D eigenvalue weighted by Crippen LogP contribution is 2.46. The van der Waals surface area contributed by atoms with Gasteiger partial charge in [-0.05, 0) is 50.5 Å². The Labute approximate surface area is 98.6 Å². The first-order chi connectivity index (χ1) is 7.50. The number of hydrogen-bond acceptors (Lipinski definition) is 1. The number of rotatable bonds is 1. The van der Waals surface area contributed by atoms with E-state index in [1.54, 1.807) is 0 Å². The lowest BCUT2D eigenvalue weighted by Crippen LogP contribution is -2.38. The fourth-order valence-electron chi connectivity index (χ4n) is 3.60. The fourth-order valence-corrected chi connectivity index (χ4v) is 3.60. The molecule has 0 amide bonds. The van der Waals surface area contributed by atoms with Crippen LogP contribution in [0.3, 0.4) is 0 Å². The Morgan fingerprint density at radius 3 is 2.75 bits per heavy atom. The summed E-state index contributed by atoms with van der Waals surface area (Å²) in [5.74, 6) is 2.31. The molecule has 1 saturated carbocycles. The summed E-state index contributed by atoms with van der Waals surface area (Å²) in [6.07, 6.45) is 5.63. The Balaban J connectivity index is 2.33. The van der Waals surface area contributed by atoms with Crippen molar-refractivity contribution in [2.75, 3.05) is 0 Å². The fraction of sp³-hybridized carbons (Fsp3) is 0.667. The van der Waals surface area contributed by atoms with E-state index in [4.69, 9.17) is 0 Å². The summed E-state index contributed by atoms with van der Waals surface area (Å²) in [5.41, 5.74) is 2.36. The molecule has 0 radical (unpaired) electrons. The Morgan fingerprint density at radius 2 is 2.12 bits per heavy atom. The van der Waals surface area contributed by atoms with E-state index >= 15 is 0 Å². The highest BCUT2D eigenvalue weighted by Gasteiger charge is 2.41. The van der Waals surface area contributed by atoms with E-state index in [1.807, 2.05) is 13.0 Å². The summed E-state index contributed by atoms with van der Waals surface area (Å²) >= 11 is 0. The van der Waals surface area contributed by atoms with Crippen LogP contribution in [0.15, 0.2) is 23.8 Å². The summed E-state index contributed by atoms with van der Waals surface area (Å²) in [5, 5.41) is 0. The number of allylic oxidation sites excluding steroid dienone is 3. The van der Waals surface area contributed by atoms with E-state index in [9.17, 15) is 4.79 Å². The monoisotopic (exact) mass is 218 g/mol. The smallest absolute Gasteiger partial charge is 0.163 e. The molecule has 0 aromatic rings. The molecule has 0 heterocycles. The molecule has 0 aliphatic heterocycles. The maximum atomic E-state index is 12.1. The Bertz CT molecular complexity index is 350. The quantitative estimate of drug-likeness (QED) is 0.612. The van der Waals surface area contributed by atoms with Gasteiger partial charge in [-0.3, -0.25) is 4.79 Å². The number of carbonyl (C=O) groups is 1. The maximum Gasteiger partial charge on any atom is 0.163 e. The van der Waals surface area contributed by atoms with Crippen LogP contribution >= 0.6 is 0 Å². The van der Waals surface area contributed by atoms with Gasteiger partial charge in [0.25, 0.3) is 0 Å². The SMILES string of the molecule is C=C(C)[C@@H]1C(=O)C=C(C)[C@@H]2CC[C@H](C)C[C@H]12. The summed E-state index contributed by atoms with van der Waals surface area (Å²) in [7, 11) is 0. The zero-order chi connectivity index (χ0) is 11.9. The summed E-state index contributed by atoms with van der Waals surface area (Å²) in [6.45, 7) is 10.5. The topological polar surface area (TPSA) is 17.1 Å². The Hall–Kier alpha value is -0.850. The molecule has 1 nitrogen and oxygen atoms in total. The van der Waals surface area contributed by atoms with Crippen molar-refractivity contribution in [3.8, 4) is 0 Å². The second-order valence-corrected chi connectivity index (χ2v) is 5.80. The van der Waals surface area contributed by atoms with E-state index in [2.05, 4.69) is 20.4 Å². The zero-order valence-corrected chi connectivity index (χ0v) is 10.6. The van der Waals surface area contributed by atoms with Gasteiger partial charge < -0.3 is 0 Å². The van der Waals surface area contributed by atoms with Gasteiger partial charge in [-0.15, -0.1) is 0 Å². The van der Waals surface area contributed by atoms with Crippen molar-refractivity contribution < 1.29 is 4.79 Å². The van der Waals surface area contributed by atoms with E-state index in [0.29, 0.717) is 17.6 Å². The van der Waals surface area contributed by atoms with E-state index in [-0.39, 0.29) is 5.92 Å². The normalized spacial score (nSPS) is 38.9. The third kappa shape index (κ3) is 1.88. The van der Waals surface area contributed by atoms with Crippen molar-refractivity contribution in [2.24, 2.45) is 23.7 Å². The van der Waals surface area contributed by atoms with Crippen LogP contribution in [0, 0.1) is 23.7 Å². The minimum atomic E-state index is 0.0939. The molecule has 88 valence electrons. The second kappa shape index (κ2) is 4.20. The van der Waals surface area contributed by atoms with E-state index in [1.165, 1.54) is 24.8 Å². The molecule has 0 aromatic carbocycles. The predicted molar refractivity (Wildman–Crippen MR) is 67.1 cm³/mol. The van der Waals surface area contributed by atoms with Crippen LogP contribution in [0.1, 0.15) is 40.0 Å². The lowest BCUT2D eigenvalue weighted by atomic mass is 9.61. The number of hydrogen-bond donors (Lipinski definition) is 0. The Morgan fingerprint density at radius 1 is 1.44 bits per heavy atom. The molecule has 0 aromatic heterocycles. The molecule has 0 N–H and O–H groups in total. The molecule has 2 aliphatic carbocycles. The number of fused-ring (bicyclic) bond motifs is 1. The lowest BCUT2D eigenvalue weighted by Gasteiger charge is -2.42. The molecule has 1 fully saturated rings. The third-order valence-corrected chi connectivity index (χ3v) is 4.38. The second-order valence-electron chi connectivity index (χ2n) is 5.80. The molecular formula is C15H22O. The van der Waals surface area contributed by atoms with E-state index < -0.39 is 0 Å². The molecule has 0 spiro atoms. The van der Waals surface area contributed by atoms with E-state index in [0.717, 1.165) is 11.5 Å². The molecule has 2 rings (SSSR count). The first-order valence-corrected chi connectivity index (χ1v) is 6.38. The van der Waals surface area contributed by atoms with Gasteiger partial charge >= 0.3 is 0 Å². The third-order valence-electron chi connectivity index (χ3n) is 4.38. The average molecular weight is 218 g/mol. The van der Waals surface area contributed by atoms with Crippen LogP contribution in [-0.4, -0.2) is 5.78 Å². The van der Waals surface area contributed by atoms with Crippen LogP contribution in [0.25, 0.3) is 0 Å². The van der Waals surface area contributed by atoms with Crippen LogP contribution in [0.2, 0.25) is 0 Å². The standard InChI is InChI=1S/C15H22O/c1-9(2)15-13-7-10(3)5-6-12(13)11(4)8-14(15)16/h8,10,12-13,15H,1,5-7H2,2-4H3/t10-,12-,13-,15-/m0/s1. The zero-order valence-electron chi connectivity index (χ0n) is 10.6. The number of carbonyl (C=O) groups excluding carboxylic acids is 1. The van der Waals surface area contributed by atoms with Crippen molar-refractivity contribution >= 4 is 5.78 Å². The van der Waals surface area contributed by atoms with Crippen LogP contribution in [0.4, 0.5) is 0 Å². The molecule has 4 atom stereocenters. The molecule has 0 unspecified atom stereocenters. The van der Waals surface area contributed by atoms with Crippen LogP contribution < -0.4 is 0 Å². The van der Waals surface area contributed by atoms with Gasteiger partial charge in [0.05, 0.1) is 0 Å². The molecule has 2 aliphatic rings. The van der Waals surface area contributed by atoms with Gasteiger partial charge in [0.15, 0.2) is 5.78 Å². The maximum absolute atomic E-state index is 12.1. The number of ketones is 1. The first-order valence-electron chi connectivity index (χ1n) is 6.38. The average Bonchev–Trinajstić information content (AvgIpc) is 2.15. The van der Waals surface area contributed by atoms with Gasteiger partial charge in [-0.2, -0.15) is 0 Å². The lowest BCUT2D eigenvalue weighted by molar-refractivity contribution is -0.120. The van der Waals surface area contributed by atoms with Crippen LogP contribution in [-0.2, 0) is 4.79 Å². The van der Waals surface area contributed by atoms with Crippen molar-refractivity contribution in [1.29, 1.82) is 0 Å². The summed E-state index contributed by atoms with van der Waals surface area (Å²) < 4.78 is 0. The van der Waals surface area contributed by atoms with Crippen molar-refractivity contribution in [2.45, 2.75) is 40.0 Å². The minimum absolute atomic E-state index is 0.0939. The van der Waals surface area contributed by atoms with Crippen molar-refractivity contribution in [3.63, 3.8) is 0 Å². The molecule has 16 heavy (non-hydrogen) atoms. The predicted octanol–water partition coefficient (Wildman–Crippen LogP) is 3.76. The molecular weight excluding hydrogens is 196 g/mol. The minimum Gasteiger partial charge on any atom is -0.294 e. The van der Waals surface area contributed by atoms with Gasteiger partial charge in [-0.1, -0.05) is 31.1 Å². The van der Waals surface area contributed by atoms with Gasteiger partial charge in [0.1, 0.15) is 0 Å². The Kier molecular flexibility index (Phi) is 3.05. The van der Waals surface area contributed by atoms with Crippen molar-refractivity contribution in [1.82, 2.24) is 0 Å². The van der Waals surface area contributed by atoms with Gasteiger partial charge in [0, 0.05) is 5.92 Å². The largest absolute Gasteiger partial charge is 0.294 e. The van der Waals surface area contributed by atoms with Crippen LogP contribution in [0.5, 0.6) is 0 Å². The highest BCUT2D eigenvalue weighted by atomic mass is 16.1.